The Morgan fingerprint density at radius 2 is 1.30 bits per heavy atom. The molecule has 0 amide bonds. The number of rotatable bonds is 2. The van der Waals surface area contributed by atoms with Crippen LogP contribution in [0.15, 0.2) is 0 Å². The van der Waals surface area contributed by atoms with E-state index in [1.54, 1.807) is 0 Å². The van der Waals surface area contributed by atoms with Crippen LogP contribution < -0.4 is 0 Å². The summed E-state index contributed by atoms with van der Waals surface area (Å²) >= 11 is 0. The summed E-state index contributed by atoms with van der Waals surface area (Å²) in [5.74, 6) is -5.17. The van der Waals surface area contributed by atoms with E-state index in [1.165, 1.54) is 0 Å². The van der Waals surface area contributed by atoms with Gasteiger partial charge in [0.1, 0.15) is 0 Å². The van der Waals surface area contributed by atoms with Gasteiger partial charge < -0.3 is 0 Å². The van der Waals surface area contributed by atoms with Crippen molar-refractivity contribution in [3.05, 3.63) is 0 Å². The highest BCUT2D eigenvalue weighted by Crippen LogP contribution is 2.36. The summed E-state index contributed by atoms with van der Waals surface area (Å²) in [7, 11) is -1.28. The van der Waals surface area contributed by atoms with E-state index in [1.807, 2.05) is 0 Å². The van der Waals surface area contributed by atoms with Gasteiger partial charge in [0.25, 0.3) is 5.55 Å². The lowest BCUT2D eigenvalue weighted by atomic mass is 10.4. The third kappa shape index (κ3) is 1.65. The van der Waals surface area contributed by atoms with E-state index in [4.69, 9.17) is 0 Å². The van der Waals surface area contributed by atoms with Crippen LogP contribution in [-0.4, -0.2) is 28.1 Å². The smallest absolute Gasteiger partial charge is 0.206 e. The van der Waals surface area contributed by atoms with Crippen molar-refractivity contribution >= 4 is 10.2 Å². The summed E-state index contributed by atoms with van der Waals surface area (Å²) in [5.41, 5.74) is -4.53. The molecule has 0 heterocycles. The predicted octanol–water partition coefficient (Wildman–Crippen LogP) is 0.845. The molecular weight excluding hydrogens is 178 g/mol. The van der Waals surface area contributed by atoms with E-state index in [0.717, 1.165) is 0 Å². The van der Waals surface area contributed by atoms with Crippen molar-refractivity contribution in [1.82, 2.24) is 0 Å². The maximum absolute atomic E-state index is 11.6. The van der Waals surface area contributed by atoms with Gasteiger partial charge in [-0.3, -0.25) is 0 Å². The topological polar surface area (TPSA) is 0 Å². The Balaban J connectivity index is 4.40. The second-order valence-electron chi connectivity index (χ2n) is 1.81. The van der Waals surface area contributed by atoms with E-state index in [9.17, 15) is 26.3 Å². The van der Waals surface area contributed by atoms with Crippen molar-refractivity contribution in [1.29, 1.82) is 0 Å². The predicted molar refractivity (Wildman–Crippen MR) is 25.8 cm³/mol. The molecule has 0 N–H and O–H groups in total. The summed E-state index contributed by atoms with van der Waals surface area (Å²) < 4.78 is 68.5. The molecule has 0 aliphatic heterocycles. The Hall–Kier alpha value is -0.203. The molecule has 0 aromatic rings. The lowest BCUT2D eigenvalue weighted by Gasteiger charge is -2.21. The molecule has 0 aromatic heterocycles. The highest BCUT2D eigenvalue weighted by molar-refractivity contribution is 6.13. The van der Waals surface area contributed by atoms with Gasteiger partial charge in [-0.15, -0.1) is 0 Å². The maximum atomic E-state index is 11.6. The monoisotopic (exact) mass is 182 g/mol. The molecule has 10 heavy (non-hydrogen) atoms. The van der Waals surface area contributed by atoms with Crippen LogP contribution in [-0.2, 0) is 0 Å². The average molecular weight is 182 g/mol. The number of hydrogen-bond acceptors (Lipinski definition) is 0. The summed E-state index contributed by atoms with van der Waals surface area (Å²) in [6.07, 6.45) is -4.29. The highest BCUT2D eigenvalue weighted by Gasteiger charge is 2.58. The van der Waals surface area contributed by atoms with Gasteiger partial charge in [0.05, 0.1) is 10.2 Å². The van der Waals surface area contributed by atoms with E-state index in [0.29, 0.717) is 0 Å². The fraction of sp³-hybridized carbons (Fsp3) is 1.00. The van der Waals surface area contributed by atoms with E-state index in [-0.39, 0.29) is 0 Å². The first-order valence-electron chi connectivity index (χ1n) is 2.23. The second kappa shape index (κ2) is 2.44. The molecule has 0 rings (SSSR count). The van der Waals surface area contributed by atoms with E-state index >= 15 is 0 Å². The molecule has 0 fully saturated rings. The first kappa shape index (κ1) is 9.80. The zero-order valence-electron chi connectivity index (χ0n) is 4.85. The summed E-state index contributed by atoms with van der Waals surface area (Å²) in [5, 5.41) is 0. The van der Waals surface area contributed by atoms with Crippen molar-refractivity contribution in [3.63, 3.8) is 0 Å². The van der Waals surface area contributed by atoms with Crippen molar-refractivity contribution < 1.29 is 26.3 Å². The lowest BCUT2D eigenvalue weighted by Crippen LogP contribution is -2.46. The zero-order chi connectivity index (χ0) is 8.58. The summed E-state index contributed by atoms with van der Waals surface area (Å²) in [6.45, 7) is 0. The Kier molecular flexibility index (Phi) is 2.39. The van der Waals surface area contributed by atoms with Crippen LogP contribution in [0.5, 0.6) is 0 Å². The van der Waals surface area contributed by atoms with Crippen LogP contribution in [0.1, 0.15) is 0 Å². The molecular formula is C3H4F6Si. The number of alkyl halides is 6. The first-order valence-corrected chi connectivity index (χ1v) is 3.23. The summed E-state index contributed by atoms with van der Waals surface area (Å²) in [6, 6.07) is 0. The Bertz CT molecular complexity index is 115. The Morgan fingerprint density at radius 1 is 1.00 bits per heavy atom. The molecule has 0 aliphatic rings. The molecule has 0 radical (unpaired) electrons. The van der Waals surface area contributed by atoms with Crippen LogP contribution >= 0.6 is 0 Å². The van der Waals surface area contributed by atoms with Crippen molar-refractivity contribution in [2.45, 2.75) is 17.9 Å². The van der Waals surface area contributed by atoms with Gasteiger partial charge in [-0.1, -0.05) is 0 Å². The highest BCUT2D eigenvalue weighted by atomic mass is 28.1. The largest absolute Gasteiger partial charge is 0.364 e. The van der Waals surface area contributed by atoms with Gasteiger partial charge in [0.15, 0.2) is 0 Å². The van der Waals surface area contributed by atoms with Gasteiger partial charge >= 0.3 is 12.3 Å². The van der Waals surface area contributed by atoms with Crippen LogP contribution in [0.4, 0.5) is 26.3 Å². The Labute approximate surface area is 55.6 Å². The zero-order valence-corrected chi connectivity index (χ0v) is 6.85. The Morgan fingerprint density at radius 3 is 1.30 bits per heavy atom. The third-order valence-electron chi connectivity index (χ3n) is 0.859. The third-order valence-corrected chi connectivity index (χ3v) is 1.53. The minimum atomic E-state index is -5.17. The quantitative estimate of drug-likeness (QED) is 0.438. The number of hydrogen-bond donors (Lipinski definition) is 0. The molecule has 7 heteroatoms. The van der Waals surface area contributed by atoms with Crippen LogP contribution in [0, 0.1) is 0 Å². The van der Waals surface area contributed by atoms with Crippen molar-refractivity contribution in [2.75, 3.05) is 0 Å². The SMILES string of the molecule is FC(F)C(F)(F)C(F)(F)[SiH3]. The van der Waals surface area contributed by atoms with Crippen LogP contribution in [0.2, 0.25) is 0 Å². The molecule has 0 aliphatic carbocycles. The standard InChI is InChI=1S/C3H4F6Si/c4-1(5)2(6,7)3(8,9)10/h1H,10H3. The molecule has 0 saturated heterocycles. The molecule has 0 aromatic carbocycles. The molecule has 0 spiro atoms. The molecule has 0 unspecified atom stereocenters. The molecule has 0 saturated carbocycles. The minimum absolute atomic E-state index is 1.28. The molecule has 0 atom stereocenters. The van der Waals surface area contributed by atoms with Gasteiger partial charge in [-0.05, 0) is 0 Å². The molecule has 0 bridgehead atoms. The van der Waals surface area contributed by atoms with Crippen LogP contribution in [0.25, 0.3) is 0 Å². The van der Waals surface area contributed by atoms with Crippen LogP contribution in [0.3, 0.4) is 0 Å². The van der Waals surface area contributed by atoms with Gasteiger partial charge in [0, 0.05) is 0 Å². The van der Waals surface area contributed by atoms with Gasteiger partial charge in [-0.25, -0.2) is 17.6 Å². The van der Waals surface area contributed by atoms with Gasteiger partial charge in [0.2, 0.25) is 0 Å². The fourth-order valence-electron chi connectivity index (χ4n) is 0.192. The van der Waals surface area contributed by atoms with E-state index < -0.39 is 28.1 Å². The second-order valence-corrected chi connectivity index (χ2v) is 3.07. The fourth-order valence-corrected chi connectivity index (χ4v) is 0.410. The van der Waals surface area contributed by atoms with Crippen molar-refractivity contribution in [3.8, 4) is 0 Å². The normalized spacial score (nSPS) is 14.7. The van der Waals surface area contributed by atoms with Crippen molar-refractivity contribution in [2.24, 2.45) is 0 Å². The van der Waals surface area contributed by atoms with Gasteiger partial charge in [-0.2, -0.15) is 8.78 Å². The molecule has 62 valence electrons. The summed E-state index contributed by atoms with van der Waals surface area (Å²) in [4.78, 5) is 0. The average Bonchev–Trinajstić information content (AvgIpc) is 1.62. The maximum Gasteiger partial charge on any atom is 0.364 e. The van der Waals surface area contributed by atoms with E-state index in [2.05, 4.69) is 0 Å². The minimum Gasteiger partial charge on any atom is -0.206 e. The lowest BCUT2D eigenvalue weighted by molar-refractivity contribution is -0.226. The number of halogens is 6. The first-order chi connectivity index (χ1) is 4.19. The molecule has 0 nitrogen and oxygen atoms in total.